The highest BCUT2D eigenvalue weighted by Crippen LogP contribution is 2.13. The largest absolute Gasteiger partial charge is 0.372 e. The third-order valence-electron chi connectivity index (χ3n) is 1.59. The van der Waals surface area contributed by atoms with Crippen molar-refractivity contribution in [2.75, 3.05) is 11.4 Å². The van der Waals surface area contributed by atoms with E-state index in [1.165, 1.54) is 11.2 Å². The normalized spacial score (nSPS) is 22.9. The summed E-state index contributed by atoms with van der Waals surface area (Å²) in [6.45, 7) is 0.200. The van der Waals surface area contributed by atoms with Crippen molar-refractivity contribution in [3.8, 4) is 0 Å². The van der Waals surface area contributed by atoms with Crippen molar-refractivity contribution in [3.63, 3.8) is 0 Å². The molecule has 0 saturated carbocycles. The Morgan fingerprint density at radius 2 is 2.67 bits per heavy atom. The van der Waals surface area contributed by atoms with Crippen LogP contribution in [0.2, 0.25) is 0 Å². The summed E-state index contributed by atoms with van der Waals surface area (Å²) in [6.07, 6.45) is 0.544. The number of aliphatic hydroxyl groups is 1. The maximum atomic E-state index is 11.1. The molecule has 1 atom stereocenters. The molecule has 1 unspecified atom stereocenters. The molecule has 2 amide bonds. The number of nitrogens with one attached hydrogen (secondary N) is 1. The molecule has 0 aliphatic carbocycles. The summed E-state index contributed by atoms with van der Waals surface area (Å²) in [5, 5.41) is 14.9. The Balaban J connectivity index is 2.21. The van der Waals surface area contributed by atoms with Gasteiger partial charge in [0.2, 0.25) is 0 Å². The molecular weight excluding hydrogens is 162 g/mol. The van der Waals surface area contributed by atoms with Crippen LogP contribution in [0.25, 0.3) is 0 Å². The van der Waals surface area contributed by atoms with Gasteiger partial charge in [-0.25, -0.2) is 4.79 Å². The van der Waals surface area contributed by atoms with Crippen LogP contribution in [0.5, 0.6) is 0 Å². The fraction of sp³-hybridized carbons (Fsp3) is 0.333. The molecule has 1 aromatic rings. The molecule has 6 heteroatoms. The number of carbonyl (C=O) groups excluding carboxylic acids is 1. The molecule has 12 heavy (non-hydrogen) atoms. The monoisotopic (exact) mass is 169 g/mol. The molecular formula is C6H7N3O3. The van der Waals surface area contributed by atoms with Crippen molar-refractivity contribution in [1.82, 2.24) is 10.5 Å². The molecule has 64 valence electrons. The summed E-state index contributed by atoms with van der Waals surface area (Å²) in [4.78, 5) is 12.4. The zero-order valence-corrected chi connectivity index (χ0v) is 6.10. The van der Waals surface area contributed by atoms with E-state index < -0.39 is 6.23 Å². The van der Waals surface area contributed by atoms with Crippen molar-refractivity contribution in [2.24, 2.45) is 0 Å². The lowest BCUT2D eigenvalue weighted by atomic mass is 10.5. The van der Waals surface area contributed by atoms with Gasteiger partial charge in [-0.3, -0.25) is 4.90 Å². The van der Waals surface area contributed by atoms with Crippen molar-refractivity contribution >= 4 is 11.8 Å². The number of hydrogen-bond donors (Lipinski definition) is 2. The zero-order valence-electron chi connectivity index (χ0n) is 6.10. The van der Waals surface area contributed by atoms with Crippen molar-refractivity contribution in [1.29, 1.82) is 0 Å². The Bertz CT molecular complexity index is 284. The SMILES string of the molecule is O=C1NC(O)CN1c1ccon1. The Kier molecular flexibility index (Phi) is 1.47. The minimum atomic E-state index is -0.825. The number of β-amino-alcohol motifs (C(OH)–C–C–N with tert-alkyl or cyclic N) is 1. The van der Waals surface area contributed by atoms with Crippen LogP contribution in [0.3, 0.4) is 0 Å². The van der Waals surface area contributed by atoms with Gasteiger partial charge in [-0.05, 0) is 0 Å². The summed E-state index contributed by atoms with van der Waals surface area (Å²) in [5.74, 6) is 0.407. The fourth-order valence-corrected chi connectivity index (χ4v) is 1.06. The first kappa shape index (κ1) is 7.11. The first-order chi connectivity index (χ1) is 5.77. The van der Waals surface area contributed by atoms with E-state index in [2.05, 4.69) is 15.0 Å². The minimum Gasteiger partial charge on any atom is -0.372 e. The van der Waals surface area contributed by atoms with Crippen molar-refractivity contribution in [3.05, 3.63) is 12.3 Å². The predicted octanol–water partition coefficient (Wildman–Crippen LogP) is -0.477. The van der Waals surface area contributed by atoms with Crippen molar-refractivity contribution < 1.29 is 14.4 Å². The molecule has 0 bridgehead atoms. The Labute approximate surface area is 67.8 Å². The van der Waals surface area contributed by atoms with Gasteiger partial charge in [0.05, 0.1) is 6.54 Å². The summed E-state index contributed by atoms with van der Waals surface area (Å²) in [5.41, 5.74) is 0. The van der Waals surface area contributed by atoms with Crippen LogP contribution in [-0.4, -0.2) is 29.1 Å². The number of aliphatic hydroxyl groups excluding tert-OH is 1. The lowest BCUT2D eigenvalue weighted by Crippen LogP contribution is -2.28. The Morgan fingerprint density at radius 3 is 3.17 bits per heavy atom. The topological polar surface area (TPSA) is 78.6 Å². The third-order valence-corrected chi connectivity index (χ3v) is 1.59. The van der Waals surface area contributed by atoms with Gasteiger partial charge in [-0.2, -0.15) is 0 Å². The van der Waals surface area contributed by atoms with E-state index in [1.807, 2.05) is 0 Å². The lowest BCUT2D eigenvalue weighted by molar-refractivity contribution is 0.173. The molecule has 1 saturated heterocycles. The maximum absolute atomic E-state index is 11.1. The molecule has 6 nitrogen and oxygen atoms in total. The molecule has 0 radical (unpaired) electrons. The highest BCUT2D eigenvalue weighted by Gasteiger charge is 2.29. The van der Waals surface area contributed by atoms with E-state index in [4.69, 9.17) is 5.11 Å². The van der Waals surface area contributed by atoms with Gasteiger partial charge in [0, 0.05) is 6.07 Å². The van der Waals surface area contributed by atoms with Gasteiger partial charge in [0.1, 0.15) is 12.5 Å². The first-order valence-corrected chi connectivity index (χ1v) is 3.44. The fourth-order valence-electron chi connectivity index (χ4n) is 1.06. The number of carbonyl (C=O) groups is 1. The number of rotatable bonds is 1. The summed E-state index contributed by atoms with van der Waals surface area (Å²) in [7, 11) is 0. The second-order valence-corrected chi connectivity index (χ2v) is 2.43. The highest BCUT2D eigenvalue weighted by atomic mass is 16.5. The van der Waals surface area contributed by atoms with Gasteiger partial charge in [0.15, 0.2) is 5.82 Å². The Morgan fingerprint density at radius 1 is 1.83 bits per heavy atom. The molecule has 1 aliphatic rings. The quantitative estimate of drug-likeness (QED) is 0.595. The number of hydrogen-bond acceptors (Lipinski definition) is 4. The van der Waals surface area contributed by atoms with Crippen LogP contribution in [0, 0.1) is 0 Å². The highest BCUT2D eigenvalue weighted by molar-refractivity contribution is 5.93. The van der Waals surface area contributed by atoms with E-state index in [9.17, 15) is 4.79 Å². The number of urea groups is 1. The molecule has 2 heterocycles. The molecule has 1 fully saturated rings. The number of aromatic nitrogens is 1. The zero-order chi connectivity index (χ0) is 8.55. The molecule has 2 rings (SSSR count). The van der Waals surface area contributed by atoms with Crippen LogP contribution in [-0.2, 0) is 0 Å². The first-order valence-electron chi connectivity index (χ1n) is 3.44. The van der Waals surface area contributed by atoms with Crippen LogP contribution >= 0.6 is 0 Å². The van der Waals surface area contributed by atoms with Crippen LogP contribution in [0.1, 0.15) is 0 Å². The van der Waals surface area contributed by atoms with Gasteiger partial charge < -0.3 is 14.9 Å². The van der Waals surface area contributed by atoms with Gasteiger partial charge >= 0.3 is 6.03 Å². The number of anilines is 1. The molecule has 1 aliphatic heterocycles. The van der Waals surface area contributed by atoms with E-state index in [0.717, 1.165) is 0 Å². The number of amides is 2. The molecule has 1 aromatic heterocycles. The van der Waals surface area contributed by atoms with Crippen molar-refractivity contribution in [2.45, 2.75) is 6.23 Å². The van der Waals surface area contributed by atoms with Gasteiger partial charge in [0.25, 0.3) is 0 Å². The minimum absolute atomic E-state index is 0.200. The standard InChI is InChI=1S/C6H7N3O3/c10-5-3-9(6(11)7-5)4-1-2-12-8-4/h1-2,5,10H,3H2,(H,7,11). The van der Waals surface area contributed by atoms with Gasteiger partial charge in [-0.1, -0.05) is 5.16 Å². The summed E-state index contributed by atoms with van der Waals surface area (Å²) < 4.78 is 4.56. The van der Waals surface area contributed by atoms with Crippen LogP contribution in [0.4, 0.5) is 10.6 Å². The van der Waals surface area contributed by atoms with E-state index in [1.54, 1.807) is 6.07 Å². The van der Waals surface area contributed by atoms with Crippen LogP contribution < -0.4 is 10.2 Å². The summed E-state index contributed by atoms with van der Waals surface area (Å²) >= 11 is 0. The second-order valence-electron chi connectivity index (χ2n) is 2.43. The smallest absolute Gasteiger partial charge is 0.325 e. The predicted molar refractivity (Wildman–Crippen MR) is 38.4 cm³/mol. The molecule has 0 spiro atoms. The lowest BCUT2D eigenvalue weighted by Gasteiger charge is -2.07. The Hall–Kier alpha value is -1.56. The van der Waals surface area contributed by atoms with E-state index >= 15 is 0 Å². The number of nitrogens with zero attached hydrogens (tertiary/aromatic N) is 2. The van der Waals surface area contributed by atoms with E-state index in [-0.39, 0.29) is 12.6 Å². The average Bonchev–Trinajstić information content (AvgIpc) is 2.58. The molecule has 0 aromatic carbocycles. The maximum Gasteiger partial charge on any atom is 0.325 e. The van der Waals surface area contributed by atoms with Crippen LogP contribution in [0.15, 0.2) is 16.9 Å². The average molecular weight is 169 g/mol. The second kappa shape index (κ2) is 2.49. The third kappa shape index (κ3) is 1.02. The van der Waals surface area contributed by atoms with Gasteiger partial charge in [-0.15, -0.1) is 0 Å². The molecule has 2 N–H and O–H groups in total. The van der Waals surface area contributed by atoms with E-state index in [0.29, 0.717) is 5.82 Å². The summed E-state index contributed by atoms with van der Waals surface area (Å²) in [6, 6.07) is 1.19.